The van der Waals surface area contributed by atoms with E-state index in [1.165, 1.54) is 14.1 Å². The minimum Gasteiger partial charge on any atom is -0.399 e. The molecule has 96 valence electrons. The van der Waals surface area contributed by atoms with Gasteiger partial charge in [0.15, 0.2) is 0 Å². The van der Waals surface area contributed by atoms with Crippen molar-refractivity contribution in [3.05, 3.63) is 44.2 Å². The summed E-state index contributed by atoms with van der Waals surface area (Å²) in [5.74, 6) is 0. The third-order valence-electron chi connectivity index (χ3n) is 2.81. The monoisotopic (exact) mass is 372 g/mol. The first kappa shape index (κ1) is 13.7. The molecule has 2 rings (SSSR count). The van der Waals surface area contributed by atoms with Gasteiger partial charge in [-0.1, -0.05) is 6.07 Å². The summed E-state index contributed by atoms with van der Waals surface area (Å²) in [6.07, 6.45) is 0. The minimum atomic E-state index is 0.462. The zero-order valence-electron chi connectivity index (χ0n) is 10.6. The highest BCUT2D eigenvalue weighted by Crippen LogP contribution is 2.28. The number of rotatable bonds is 4. The fourth-order valence-corrected chi connectivity index (χ4v) is 3.42. The highest BCUT2D eigenvalue weighted by Gasteiger charge is 2.14. The molecule has 2 N–H and O–H groups in total. The van der Waals surface area contributed by atoms with Crippen molar-refractivity contribution >= 4 is 45.3 Å². The van der Waals surface area contributed by atoms with E-state index in [0.717, 1.165) is 12.2 Å². The van der Waals surface area contributed by atoms with Crippen LogP contribution in [-0.4, -0.2) is 6.04 Å². The lowest BCUT2D eigenvalue weighted by molar-refractivity contribution is 0.686. The molecule has 0 saturated carbocycles. The predicted molar refractivity (Wildman–Crippen MR) is 89.2 cm³/mol. The zero-order valence-corrected chi connectivity index (χ0v) is 13.5. The van der Waals surface area contributed by atoms with Gasteiger partial charge >= 0.3 is 0 Å². The maximum Gasteiger partial charge on any atom is 0.0526 e. The van der Waals surface area contributed by atoms with Crippen LogP contribution in [0.5, 0.6) is 0 Å². The van der Waals surface area contributed by atoms with Gasteiger partial charge in [-0.3, -0.25) is 0 Å². The number of nitrogen functional groups attached to an aromatic ring is 1. The molecule has 0 radical (unpaired) electrons. The van der Waals surface area contributed by atoms with Gasteiger partial charge in [0.2, 0.25) is 0 Å². The lowest BCUT2D eigenvalue weighted by atomic mass is 10.2. The van der Waals surface area contributed by atoms with Gasteiger partial charge in [-0.2, -0.15) is 0 Å². The first-order chi connectivity index (χ1) is 8.58. The Morgan fingerprint density at radius 1 is 1.33 bits per heavy atom. The van der Waals surface area contributed by atoms with Crippen LogP contribution in [0.25, 0.3) is 0 Å². The second-order valence-electron chi connectivity index (χ2n) is 4.51. The van der Waals surface area contributed by atoms with E-state index in [-0.39, 0.29) is 0 Å². The molecular formula is C14H17IN2S. The second kappa shape index (κ2) is 5.93. The lowest BCUT2D eigenvalue weighted by Gasteiger charge is -2.29. The molecule has 0 aliphatic carbocycles. The molecular weight excluding hydrogens is 355 g/mol. The molecule has 18 heavy (non-hydrogen) atoms. The van der Waals surface area contributed by atoms with Crippen LogP contribution in [0.4, 0.5) is 11.4 Å². The molecule has 2 nitrogen and oxygen atoms in total. The number of halogens is 1. The Labute approximate surface area is 126 Å². The SMILES string of the molecule is CC(C)N(Cc1cccs1)c1ccc(N)cc1I. The van der Waals surface area contributed by atoms with E-state index in [1.807, 2.05) is 12.1 Å². The summed E-state index contributed by atoms with van der Waals surface area (Å²) in [6, 6.07) is 10.9. The summed E-state index contributed by atoms with van der Waals surface area (Å²) in [5, 5.41) is 2.13. The number of hydrogen-bond acceptors (Lipinski definition) is 3. The van der Waals surface area contributed by atoms with Crippen LogP contribution in [0, 0.1) is 3.57 Å². The summed E-state index contributed by atoms with van der Waals surface area (Å²) in [5.41, 5.74) is 7.90. The Hall–Kier alpha value is -0.750. The Bertz CT molecular complexity index is 509. The minimum absolute atomic E-state index is 0.462. The smallest absolute Gasteiger partial charge is 0.0526 e. The van der Waals surface area contributed by atoms with Crippen LogP contribution in [0.2, 0.25) is 0 Å². The molecule has 0 spiro atoms. The summed E-state index contributed by atoms with van der Waals surface area (Å²) in [4.78, 5) is 3.80. The van der Waals surface area contributed by atoms with Gasteiger partial charge in [0, 0.05) is 20.2 Å². The molecule has 0 atom stereocenters. The van der Waals surface area contributed by atoms with Gasteiger partial charge in [-0.25, -0.2) is 0 Å². The summed E-state index contributed by atoms with van der Waals surface area (Å²) < 4.78 is 1.21. The van der Waals surface area contributed by atoms with Crippen LogP contribution in [-0.2, 0) is 6.54 Å². The average Bonchev–Trinajstić information content (AvgIpc) is 2.79. The number of nitrogens with two attached hydrogens (primary N) is 1. The maximum atomic E-state index is 5.82. The van der Waals surface area contributed by atoms with E-state index >= 15 is 0 Å². The summed E-state index contributed by atoms with van der Waals surface area (Å²) in [6.45, 7) is 5.40. The Balaban J connectivity index is 2.29. The second-order valence-corrected chi connectivity index (χ2v) is 6.71. The van der Waals surface area contributed by atoms with Crippen molar-refractivity contribution < 1.29 is 0 Å². The average molecular weight is 372 g/mol. The van der Waals surface area contributed by atoms with Gasteiger partial charge in [-0.05, 0) is 66.1 Å². The van der Waals surface area contributed by atoms with Gasteiger partial charge in [0.1, 0.15) is 0 Å². The normalized spacial score (nSPS) is 10.9. The highest BCUT2D eigenvalue weighted by atomic mass is 127. The van der Waals surface area contributed by atoms with Gasteiger partial charge < -0.3 is 10.6 Å². The number of benzene rings is 1. The van der Waals surface area contributed by atoms with Crippen molar-refractivity contribution in [2.24, 2.45) is 0 Å². The van der Waals surface area contributed by atoms with E-state index in [9.17, 15) is 0 Å². The molecule has 1 aromatic heterocycles. The molecule has 0 fully saturated rings. The van der Waals surface area contributed by atoms with Crippen molar-refractivity contribution in [1.29, 1.82) is 0 Å². The fourth-order valence-electron chi connectivity index (χ4n) is 1.87. The third-order valence-corrected chi connectivity index (χ3v) is 4.54. The van der Waals surface area contributed by atoms with Crippen LogP contribution in [0.15, 0.2) is 35.7 Å². The van der Waals surface area contributed by atoms with Crippen molar-refractivity contribution in [2.45, 2.75) is 26.4 Å². The van der Waals surface area contributed by atoms with Crippen LogP contribution < -0.4 is 10.6 Å². The number of thiophene rings is 1. The number of hydrogen-bond donors (Lipinski definition) is 1. The van der Waals surface area contributed by atoms with Crippen LogP contribution in [0.1, 0.15) is 18.7 Å². The van der Waals surface area contributed by atoms with Gasteiger partial charge in [0.25, 0.3) is 0 Å². The first-order valence-electron chi connectivity index (χ1n) is 5.92. The Kier molecular flexibility index (Phi) is 4.50. The number of anilines is 2. The van der Waals surface area contributed by atoms with Crippen molar-refractivity contribution in [1.82, 2.24) is 0 Å². The third kappa shape index (κ3) is 3.17. The molecule has 0 aliphatic heterocycles. The van der Waals surface area contributed by atoms with E-state index in [4.69, 9.17) is 5.73 Å². The highest BCUT2D eigenvalue weighted by molar-refractivity contribution is 14.1. The standard InChI is InChI=1S/C14H17IN2S/c1-10(2)17(9-12-4-3-7-18-12)14-6-5-11(16)8-13(14)15/h3-8,10H,9,16H2,1-2H3. The molecule has 2 aromatic rings. The van der Waals surface area contributed by atoms with E-state index in [0.29, 0.717) is 6.04 Å². The van der Waals surface area contributed by atoms with Crippen LogP contribution in [0.3, 0.4) is 0 Å². The quantitative estimate of drug-likeness (QED) is 0.639. The van der Waals surface area contributed by atoms with E-state index < -0.39 is 0 Å². The Morgan fingerprint density at radius 2 is 2.11 bits per heavy atom. The molecule has 0 saturated heterocycles. The number of nitrogens with zero attached hydrogens (tertiary/aromatic N) is 1. The van der Waals surface area contributed by atoms with E-state index in [1.54, 1.807) is 11.3 Å². The predicted octanol–water partition coefficient (Wildman–Crippen LogP) is 4.35. The van der Waals surface area contributed by atoms with Crippen LogP contribution >= 0.6 is 33.9 Å². The topological polar surface area (TPSA) is 29.3 Å². The molecule has 1 aromatic carbocycles. The van der Waals surface area contributed by atoms with Crippen molar-refractivity contribution in [3.8, 4) is 0 Å². The Morgan fingerprint density at radius 3 is 2.67 bits per heavy atom. The first-order valence-corrected chi connectivity index (χ1v) is 7.88. The molecule has 0 amide bonds. The molecule has 4 heteroatoms. The fraction of sp³-hybridized carbons (Fsp3) is 0.286. The summed E-state index contributed by atoms with van der Waals surface area (Å²) >= 11 is 4.16. The largest absolute Gasteiger partial charge is 0.399 e. The zero-order chi connectivity index (χ0) is 13.1. The molecule has 1 heterocycles. The van der Waals surface area contributed by atoms with Crippen molar-refractivity contribution in [3.63, 3.8) is 0 Å². The maximum absolute atomic E-state index is 5.82. The van der Waals surface area contributed by atoms with Gasteiger partial charge in [-0.15, -0.1) is 11.3 Å². The summed E-state index contributed by atoms with van der Waals surface area (Å²) in [7, 11) is 0. The van der Waals surface area contributed by atoms with E-state index in [2.05, 4.69) is 64.9 Å². The molecule has 0 aliphatic rings. The lowest BCUT2D eigenvalue weighted by Crippen LogP contribution is -2.30. The molecule has 0 bridgehead atoms. The van der Waals surface area contributed by atoms with Gasteiger partial charge in [0.05, 0.1) is 12.2 Å². The van der Waals surface area contributed by atoms with Crippen molar-refractivity contribution in [2.75, 3.05) is 10.6 Å². The molecule has 0 unspecified atom stereocenters.